The van der Waals surface area contributed by atoms with Crippen LogP contribution in [0.5, 0.6) is 0 Å². The molecule has 1 rings (SSSR count). The largest absolute Gasteiger partial charge is 0.447 e. The highest BCUT2D eigenvalue weighted by atomic mass is 32.2. The van der Waals surface area contributed by atoms with E-state index in [9.17, 15) is 9.59 Å². The van der Waals surface area contributed by atoms with Gasteiger partial charge in [-0.05, 0) is 38.2 Å². The normalized spacial score (nSPS) is 25.6. The molecule has 19 heavy (non-hydrogen) atoms. The molecule has 6 heteroatoms. The van der Waals surface area contributed by atoms with Gasteiger partial charge in [0.2, 0.25) is 0 Å². The van der Waals surface area contributed by atoms with Crippen molar-refractivity contribution in [3.63, 3.8) is 0 Å². The van der Waals surface area contributed by atoms with E-state index in [-0.39, 0.29) is 0 Å². The summed E-state index contributed by atoms with van der Waals surface area (Å²) in [7, 11) is 0. The Morgan fingerprint density at radius 1 is 1.37 bits per heavy atom. The van der Waals surface area contributed by atoms with E-state index in [0.717, 1.165) is 29.8 Å². The Bertz CT molecular complexity index is 336. The highest BCUT2D eigenvalue weighted by Crippen LogP contribution is 2.34. The minimum absolute atomic E-state index is 0.508. The second-order valence-electron chi connectivity index (χ2n) is 4.45. The monoisotopic (exact) mass is 304 g/mol. The summed E-state index contributed by atoms with van der Waals surface area (Å²) < 4.78 is 10.4. The summed E-state index contributed by atoms with van der Waals surface area (Å²) in [5, 5.41) is 0. The summed E-state index contributed by atoms with van der Waals surface area (Å²) in [6, 6.07) is 0. The molecule has 0 aromatic heterocycles. The van der Waals surface area contributed by atoms with Crippen LogP contribution in [0, 0.1) is 0 Å². The molecule has 2 unspecified atom stereocenters. The van der Waals surface area contributed by atoms with Gasteiger partial charge in [0.25, 0.3) is 0 Å². The standard InChI is InChI=1S/C13H20O4S2/c1-4-11(14)16-10(2)12(15)17-13(3)9-18-7-5-6-8-19-13/h4,10H,1,5-9H2,2-3H3. The molecule has 0 aliphatic carbocycles. The van der Waals surface area contributed by atoms with E-state index in [0.29, 0.717) is 0 Å². The van der Waals surface area contributed by atoms with E-state index in [1.165, 1.54) is 13.3 Å². The molecule has 0 N–H and O–H groups in total. The molecule has 1 aliphatic heterocycles. The topological polar surface area (TPSA) is 52.6 Å². The average Bonchev–Trinajstić information content (AvgIpc) is 2.34. The molecule has 4 nitrogen and oxygen atoms in total. The summed E-state index contributed by atoms with van der Waals surface area (Å²) in [5.41, 5.74) is 0. The zero-order chi connectivity index (χ0) is 14.3. The number of ether oxygens (including phenoxy) is 2. The van der Waals surface area contributed by atoms with Crippen molar-refractivity contribution in [2.45, 2.75) is 37.7 Å². The first-order valence-electron chi connectivity index (χ1n) is 6.24. The van der Waals surface area contributed by atoms with Gasteiger partial charge in [-0.2, -0.15) is 11.8 Å². The Labute approximate surface area is 122 Å². The molecule has 0 aromatic rings. The fourth-order valence-electron chi connectivity index (χ4n) is 1.52. The summed E-state index contributed by atoms with van der Waals surface area (Å²) >= 11 is 3.43. The van der Waals surface area contributed by atoms with Crippen molar-refractivity contribution in [2.24, 2.45) is 0 Å². The summed E-state index contributed by atoms with van der Waals surface area (Å²) in [6.45, 7) is 6.71. The molecule has 0 spiro atoms. The highest BCUT2D eigenvalue weighted by Gasteiger charge is 2.33. The Morgan fingerprint density at radius 3 is 2.74 bits per heavy atom. The van der Waals surface area contributed by atoms with Crippen LogP contribution in [0.25, 0.3) is 0 Å². The maximum absolute atomic E-state index is 11.9. The first kappa shape index (κ1) is 16.4. The van der Waals surface area contributed by atoms with Crippen LogP contribution in [0.4, 0.5) is 0 Å². The molecule has 108 valence electrons. The van der Waals surface area contributed by atoms with Crippen LogP contribution in [-0.4, -0.2) is 40.2 Å². The van der Waals surface area contributed by atoms with Crippen LogP contribution in [0.2, 0.25) is 0 Å². The number of hydrogen-bond acceptors (Lipinski definition) is 6. The van der Waals surface area contributed by atoms with Crippen molar-refractivity contribution in [3.8, 4) is 0 Å². The maximum atomic E-state index is 11.9. The number of thioether (sulfide) groups is 2. The van der Waals surface area contributed by atoms with Gasteiger partial charge < -0.3 is 9.47 Å². The van der Waals surface area contributed by atoms with Gasteiger partial charge in [0.15, 0.2) is 11.0 Å². The van der Waals surface area contributed by atoms with Crippen LogP contribution < -0.4 is 0 Å². The van der Waals surface area contributed by atoms with Crippen molar-refractivity contribution in [1.29, 1.82) is 0 Å². The molecular weight excluding hydrogens is 284 g/mol. The molecule has 1 aliphatic rings. The minimum atomic E-state index is -0.904. The van der Waals surface area contributed by atoms with E-state index >= 15 is 0 Å². The van der Waals surface area contributed by atoms with Gasteiger partial charge in [0, 0.05) is 11.8 Å². The second kappa shape index (κ2) is 7.85. The van der Waals surface area contributed by atoms with Crippen LogP contribution in [-0.2, 0) is 19.1 Å². The first-order valence-corrected chi connectivity index (χ1v) is 8.38. The quantitative estimate of drug-likeness (QED) is 0.588. The molecule has 0 saturated carbocycles. The summed E-state index contributed by atoms with van der Waals surface area (Å²) in [4.78, 5) is 22.4. The average molecular weight is 304 g/mol. The van der Waals surface area contributed by atoms with E-state index < -0.39 is 23.0 Å². The molecule has 1 heterocycles. The third-order valence-electron chi connectivity index (χ3n) is 2.56. The van der Waals surface area contributed by atoms with Crippen LogP contribution in [0.3, 0.4) is 0 Å². The van der Waals surface area contributed by atoms with E-state index in [1.807, 2.05) is 6.92 Å². The zero-order valence-electron chi connectivity index (χ0n) is 11.3. The summed E-state index contributed by atoms with van der Waals surface area (Å²) in [5.74, 6) is 1.70. The van der Waals surface area contributed by atoms with E-state index in [2.05, 4.69) is 6.58 Å². The number of carbonyl (C=O) groups excluding carboxylic acids is 2. The Morgan fingerprint density at radius 2 is 2.05 bits per heavy atom. The molecule has 1 fully saturated rings. The molecule has 2 atom stereocenters. The molecule has 0 bridgehead atoms. The van der Waals surface area contributed by atoms with Gasteiger partial charge >= 0.3 is 11.9 Å². The van der Waals surface area contributed by atoms with E-state index in [1.54, 1.807) is 23.5 Å². The lowest BCUT2D eigenvalue weighted by molar-refractivity contribution is -0.168. The second-order valence-corrected chi connectivity index (χ2v) is 7.11. The van der Waals surface area contributed by atoms with Crippen molar-refractivity contribution >= 4 is 35.5 Å². The molecule has 1 saturated heterocycles. The Hall–Kier alpha value is -0.620. The lowest BCUT2D eigenvalue weighted by Crippen LogP contribution is -2.37. The Kier molecular flexibility index (Phi) is 6.79. The zero-order valence-corrected chi connectivity index (χ0v) is 13.0. The van der Waals surface area contributed by atoms with Crippen LogP contribution in [0.1, 0.15) is 26.7 Å². The fourth-order valence-corrected chi connectivity index (χ4v) is 4.01. The number of esters is 2. The highest BCUT2D eigenvalue weighted by molar-refractivity contribution is 8.03. The van der Waals surface area contributed by atoms with Gasteiger partial charge in [-0.15, -0.1) is 11.8 Å². The lowest BCUT2D eigenvalue weighted by Gasteiger charge is -2.31. The van der Waals surface area contributed by atoms with Gasteiger partial charge in [-0.25, -0.2) is 9.59 Å². The molecule has 0 amide bonds. The van der Waals surface area contributed by atoms with Crippen molar-refractivity contribution in [3.05, 3.63) is 12.7 Å². The Balaban J connectivity index is 2.52. The third kappa shape index (κ3) is 5.91. The SMILES string of the molecule is C=CC(=O)OC(C)C(=O)OC1(C)CSCCCCS1. The maximum Gasteiger partial charge on any atom is 0.348 e. The van der Waals surface area contributed by atoms with Crippen molar-refractivity contribution in [1.82, 2.24) is 0 Å². The third-order valence-corrected chi connectivity index (χ3v) is 5.41. The fraction of sp³-hybridized carbons (Fsp3) is 0.692. The predicted molar refractivity (Wildman–Crippen MR) is 79.3 cm³/mol. The van der Waals surface area contributed by atoms with Crippen LogP contribution in [0.15, 0.2) is 12.7 Å². The number of carbonyl (C=O) groups is 2. The smallest absolute Gasteiger partial charge is 0.348 e. The van der Waals surface area contributed by atoms with Crippen molar-refractivity contribution in [2.75, 3.05) is 17.3 Å². The lowest BCUT2D eigenvalue weighted by atomic mass is 10.4. The number of hydrogen-bond donors (Lipinski definition) is 0. The molecular formula is C13H20O4S2. The van der Waals surface area contributed by atoms with E-state index in [4.69, 9.17) is 9.47 Å². The van der Waals surface area contributed by atoms with Crippen LogP contribution >= 0.6 is 23.5 Å². The van der Waals surface area contributed by atoms with Gasteiger partial charge in [0.05, 0.1) is 0 Å². The van der Waals surface area contributed by atoms with Gasteiger partial charge in [-0.3, -0.25) is 0 Å². The number of rotatable bonds is 4. The predicted octanol–water partition coefficient (Wildman–Crippen LogP) is 2.62. The molecule has 0 aromatic carbocycles. The van der Waals surface area contributed by atoms with Gasteiger partial charge in [0.1, 0.15) is 0 Å². The van der Waals surface area contributed by atoms with Crippen molar-refractivity contribution < 1.29 is 19.1 Å². The summed E-state index contributed by atoms with van der Waals surface area (Å²) in [6.07, 6.45) is 2.46. The van der Waals surface area contributed by atoms with Gasteiger partial charge in [-0.1, -0.05) is 6.58 Å². The molecule has 0 radical (unpaired) electrons. The first-order chi connectivity index (χ1) is 8.97. The minimum Gasteiger partial charge on any atom is -0.447 e.